The summed E-state index contributed by atoms with van der Waals surface area (Å²) in [5.41, 5.74) is 1.36. The van der Waals surface area contributed by atoms with E-state index in [1.165, 1.54) is 6.07 Å². The number of carbonyl (C=O) groups is 1. The summed E-state index contributed by atoms with van der Waals surface area (Å²) in [6, 6.07) is 12.1. The summed E-state index contributed by atoms with van der Waals surface area (Å²) in [6.45, 7) is 0.395. The summed E-state index contributed by atoms with van der Waals surface area (Å²) in [6.07, 6.45) is 0. The second kappa shape index (κ2) is 6.25. The molecule has 0 bridgehead atoms. The van der Waals surface area contributed by atoms with E-state index in [1.54, 1.807) is 24.3 Å². The van der Waals surface area contributed by atoms with E-state index in [0.717, 1.165) is 5.56 Å². The van der Waals surface area contributed by atoms with Crippen molar-refractivity contribution in [3.05, 3.63) is 62.2 Å². The molecule has 98 valence electrons. The lowest BCUT2D eigenvalue weighted by Gasteiger charge is -2.06. The van der Waals surface area contributed by atoms with Crippen LogP contribution < -0.4 is 5.32 Å². The molecule has 0 radical (unpaired) electrons. The van der Waals surface area contributed by atoms with E-state index in [4.69, 9.17) is 11.6 Å². The van der Waals surface area contributed by atoms with Gasteiger partial charge in [-0.2, -0.15) is 0 Å². The minimum absolute atomic E-state index is 0.107. The fraction of sp³-hybridized carbons (Fsp3) is 0.0714. The van der Waals surface area contributed by atoms with Crippen LogP contribution in [0.2, 0.25) is 5.02 Å². The van der Waals surface area contributed by atoms with Gasteiger partial charge in [0.2, 0.25) is 0 Å². The monoisotopic (exact) mass is 387 g/mol. The Kier molecular flexibility index (Phi) is 4.66. The lowest BCUT2D eigenvalue weighted by Crippen LogP contribution is -2.22. The van der Waals surface area contributed by atoms with Crippen LogP contribution in [0.3, 0.4) is 0 Å². The first-order valence-electron chi connectivity index (χ1n) is 5.57. The van der Waals surface area contributed by atoms with E-state index in [0.29, 0.717) is 20.7 Å². The molecule has 2 N–H and O–H groups in total. The average Bonchev–Trinajstić information content (AvgIpc) is 2.39. The van der Waals surface area contributed by atoms with Gasteiger partial charge in [-0.25, -0.2) is 0 Å². The Hall–Kier alpha value is -1.27. The van der Waals surface area contributed by atoms with Crippen LogP contribution in [0, 0.1) is 3.57 Å². The van der Waals surface area contributed by atoms with E-state index < -0.39 is 0 Å². The Balaban J connectivity index is 2.03. The van der Waals surface area contributed by atoms with Gasteiger partial charge in [-0.15, -0.1) is 0 Å². The Morgan fingerprint density at radius 1 is 1.26 bits per heavy atom. The first-order valence-corrected chi connectivity index (χ1v) is 7.03. The van der Waals surface area contributed by atoms with Gasteiger partial charge >= 0.3 is 0 Å². The number of phenols is 1. The molecule has 2 aromatic carbocycles. The molecule has 1 amide bonds. The molecule has 0 unspecified atom stereocenters. The van der Waals surface area contributed by atoms with Crippen molar-refractivity contribution in [2.24, 2.45) is 0 Å². The minimum atomic E-state index is -0.230. The minimum Gasteiger partial charge on any atom is -0.507 e. The van der Waals surface area contributed by atoms with Gasteiger partial charge in [-0.05, 0) is 58.5 Å². The standard InChI is InChI=1S/C14H11ClINO2/c15-11-3-1-2-9(6-11)8-17-14(19)10-4-5-12(16)13(18)7-10/h1-7,18H,8H2,(H,17,19). The molecule has 0 atom stereocenters. The van der Waals surface area contributed by atoms with Crippen LogP contribution in [0.25, 0.3) is 0 Å². The Morgan fingerprint density at radius 3 is 2.74 bits per heavy atom. The highest BCUT2D eigenvalue weighted by Gasteiger charge is 2.07. The lowest BCUT2D eigenvalue weighted by atomic mass is 10.2. The van der Waals surface area contributed by atoms with E-state index in [1.807, 2.05) is 34.7 Å². The van der Waals surface area contributed by atoms with Crippen molar-refractivity contribution < 1.29 is 9.90 Å². The summed E-state index contributed by atoms with van der Waals surface area (Å²) >= 11 is 7.87. The number of benzene rings is 2. The van der Waals surface area contributed by atoms with E-state index in [2.05, 4.69) is 5.32 Å². The van der Waals surface area contributed by atoms with Crippen molar-refractivity contribution in [2.75, 3.05) is 0 Å². The molecule has 0 aliphatic carbocycles. The van der Waals surface area contributed by atoms with Crippen molar-refractivity contribution in [1.82, 2.24) is 5.32 Å². The molecular weight excluding hydrogens is 377 g/mol. The third-order valence-electron chi connectivity index (χ3n) is 2.55. The normalized spacial score (nSPS) is 10.2. The number of nitrogens with one attached hydrogen (secondary N) is 1. The van der Waals surface area contributed by atoms with Gasteiger partial charge in [0, 0.05) is 17.1 Å². The molecule has 3 nitrogen and oxygen atoms in total. The molecular formula is C14H11ClINO2. The van der Waals surface area contributed by atoms with Crippen LogP contribution in [0.5, 0.6) is 5.75 Å². The van der Waals surface area contributed by atoms with Crippen molar-refractivity contribution in [3.63, 3.8) is 0 Å². The third kappa shape index (κ3) is 3.84. The predicted molar refractivity (Wildman–Crippen MR) is 83.4 cm³/mol. The number of rotatable bonds is 3. The van der Waals surface area contributed by atoms with Gasteiger partial charge in [0.1, 0.15) is 5.75 Å². The molecule has 2 rings (SSSR count). The molecule has 0 aliphatic rings. The Bertz CT molecular complexity index is 616. The highest BCUT2D eigenvalue weighted by Crippen LogP contribution is 2.20. The second-order valence-corrected chi connectivity index (χ2v) is 5.58. The number of phenolic OH excluding ortho intramolecular Hbond substituents is 1. The van der Waals surface area contributed by atoms with Crippen molar-refractivity contribution >= 4 is 40.1 Å². The SMILES string of the molecule is O=C(NCc1cccc(Cl)c1)c1ccc(I)c(O)c1. The van der Waals surface area contributed by atoms with Crippen LogP contribution in [0.4, 0.5) is 0 Å². The second-order valence-electron chi connectivity index (χ2n) is 3.98. The van der Waals surface area contributed by atoms with E-state index in [9.17, 15) is 9.90 Å². The highest BCUT2D eigenvalue weighted by atomic mass is 127. The first kappa shape index (κ1) is 14.1. The number of halogens is 2. The van der Waals surface area contributed by atoms with Gasteiger partial charge in [-0.1, -0.05) is 23.7 Å². The predicted octanol–water partition coefficient (Wildman–Crippen LogP) is 3.58. The zero-order chi connectivity index (χ0) is 13.8. The third-order valence-corrected chi connectivity index (χ3v) is 3.70. The topological polar surface area (TPSA) is 49.3 Å². The smallest absolute Gasteiger partial charge is 0.251 e. The molecule has 0 aliphatic heterocycles. The number of hydrogen-bond donors (Lipinski definition) is 2. The summed E-state index contributed by atoms with van der Waals surface area (Å²) in [5, 5.41) is 13.0. The number of hydrogen-bond acceptors (Lipinski definition) is 2. The number of aromatic hydroxyl groups is 1. The van der Waals surface area contributed by atoms with Crippen molar-refractivity contribution in [2.45, 2.75) is 6.54 Å². The lowest BCUT2D eigenvalue weighted by molar-refractivity contribution is 0.0950. The van der Waals surface area contributed by atoms with Crippen LogP contribution in [0.1, 0.15) is 15.9 Å². The van der Waals surface area contributed by atoms with Crippen LogP contribution >= 0.6 is 34.2 Å². The van der Waals surface area contributed by atoms with E-state index in [-0.39, 0.29) is 11.7 Å². The largest absolute Gasteiger partial charge is 0.507 e. The fourth-order valence-corrected chi connectivity index (χ4v) is 2.13. The van der Waals surface area contributed by atoms with Gasteiger partial charge in [0.05, 0.1) is 3.57 Å². The molecule has 5 heteroatoms. The van der Waals surface area contributed by atoms with Crippen LogP contribution in [-0.2, 0) is 6.54 Å². The summed E-state index contributed by atoms with van der Waals surface area (Å²) < 4.78 is 0.712. The molecule has 0 saturated heterocycles. The molecule has 0 heterocycles. The van der Waals surface area contributed by atoms with Crippen LogP contribution in [0.15, 0.2) is 42.5 Å². The molecule has 0 aromatic heterocycles. The van der Waals surface area contributed by atoms with E-state index >= 15 is 0 Å². The number of amides is 1. The highest BCUT2D eigenvalue weighted by molar-refractivity contribution is 14.1. The Morgan fingerprint density at radius 2 is 2.05 bits per heavy atom. The molecule has 0 saturated carbocycles. The average molecular weight is 388 g/mol. The van der Waals surface area contributed by atoms with Gasteiger partial charge in [-0.3, -0.25) is 4.79 Å². The molecule has 0 fully saturated rings. The van der Waals surface area contributed by atoms with Gasteiger partial charge < -0.3 is 10.4 Å². The fourth-order valence-electron chi connectivity index (χ4n) is 1.59. The maximum absolute atomic E-state index is 11.9. The quantitative estimate of drug-likeness (QED) is 0.791. The van der Waals surface area contributed by atoms with Crippen LogP contribution in [-0.4, -0.2) is 11.0 Å². The Labute approximate surface area is 129 Å². The zero-order valence-electron chi connectivity index (χ0n) is 9.86. The zero-order valence-corrected chi connectivity index (χ0v) is 12.8. The van der Waals surface area contributed by atoms with Gasteiger partial charge in [0.15, 0.2) is 0 Å². The summed E-state index contributed by atoms with van der Waals surface area (Å²) in [4.78, 5) is 11.9. The molecule has 2 aromatic rings. The summed E-state index contributed by atoms with van der Waals surface area (Å²) in [7, 11) is 0. The van der Waals surface area contributed by atoms with Crippen molar-refractivity contribution in [1.29, 1.82) is 0 Å². The van der Waals surface area contributed by atoms with Crippen molar-refractivity contribution in [3.8, 4) is 5.75 Å². The number of carbonyl (C=O) groups excluding carboxylic acids is 1. The maximum atomic E-state index is 11.9. The van der Waals surface area contributed by atoms with Gasteiger partial charge in [0.25, 0.3) is 5.91 Å². The molecule has 19 heavy (non-hydrogen) atoms. The molecule has 0 spiro atoms. The first-order chi connectivity index (χ1) is 9.06. The summed E-state index contributed by atoms with van der Waals surface area (Å²) in [5.74, 6) is -0.123. The maximum Gasteiger partial charge on any atom is 0.251 e.